The molecule has 1 rings (SSSR count). The molecular formula is C10H15BrN2O2S. The molecule has 0 saturated heterocycles. The first kappa shape index (κ1) is 13.4. The van der Waals surface area contributed by atoms with Crippen molar-refractivity contribution < 1.29 is 8.42 Å². The first-order valence-corrected chi connectivity index (χ1v) is 7.05. The molecule has 0 saturated carbocycles. The minimum atomic E-state index is -3.39. The second kappa shape index (κ2) is 4.33. The maximum atomic E-state index is 11.9. The number of rotatable bonds is 2. The summed E-state index contributed by atoms with van der Waals surface area (Å²) in [6.45, 7) is 6.80. The second-order valence-electron chi connectivity index (χ2n) is 4.55. The molecule has 16 heavy (non-hydrogen) atoms. The van der Waals surface area contributed by atoms with Crippen molar-refractivity contribution >= 4 is 31.6 Å². The predicted molar refractivity (Wildman–Crippen MR) is 69.0 cm³/mol. The molecule has 6 heteroatoms. The fraction of sp³-hybridized carbons (Fsp3) is 0.500. The molecule has 1 heterocycles. The van der Waals surface area contributed by atoms with Gasteiger partial charge in [-0.05, 0) is 55.3 Å². The van der Waals surface area contributed by atoms with Gasteiger partial charge in [0.15, 0.2) is 0 Å². The van der Waals surface area contributed by atoms with Crippen LogP contribution >= 0.6 is 15.9 Å². The summed E-state index contributed by atoms with van der Waals surface area (Å²) < 4.78 is 26.1. The van der Waals surface area contributed by atoms with Gasteiger partial charge in [0.25, 0.3) is 0 Å². The van der Waals surface area contributed by atoms with Crippen molar-refractivity contribution in [3.63, 3.8) is 0 Å². The van der Waals surface area contributed by atoms with Gasteiger partial charge in [-0.3, -0.25) is 4.72 Å². The average molecular weight is 307 g/mol. The Bertz CT molecular complexity index is 492. The molecule has 0 unspecified atom stereocenters. The summed E-state index contributed by atoms with van der Waals surface area (Å²) in [5.74, 6) is 0. The molecule has 1 aromatic heterocycles. The molecule has 0 spiro atoms. The average Bonchev–Trinajstić information content (AvgIpc) is 2.09. The summed E-state index contributed by atoms with van der Waals surface area (Å²) in [5.41, 5.74) is 1.37. The Kier molecular flexibility index (Phi) is 3.64. The summed E-state index contributed by atoms with van der Waals surface area (Å²) in [4.78, 5) is 4.03. The van der Waals surface area contributed by atoms with Crippen LogP contribution in [0.3, 0.4) is 0 Å². The quantitative estimate of drug-likeness (QED) is 0.855. The SMILES string of the molecule is Cc1cc(NS(=O)(=O)C(C)(C)C)cnc1Br. The lowest BCUT2D eigenvalue weighted by atomic mass is 10.3. The third-order valence-corrected chi connectivity index (χ3v) is 5.02. The molecule has 0 amide bonds. The number of hydrogen-bond donors (Lipinski definition) is 1. The molecule has 0 aliphatic carbocycles. The van der Waals surface area contributed by atoms with Crippen molar-refractivity contribution in [2.75, 3.05) is 4.72 Å². The van der Waals surface area contributed by atoms with Crippen LogP contribution in [0, 0.1) is 6.92 Å². The summed E-state index contributed by atoms with van der Waals surface area (Å²) in [6, 6.07) is 1.74. The predicted octanol–water partition coefficient (Wildman–Crippen LogP) is 2.69. The van der Waals surface area contributed by atoms with E-state index in [1.165, 1.54) is 6.20 Å². The van der Waals surface area contributed by atoms with E-state index in [-0.39, 0.29) is 0 Å². The van der Waals surface area contributed by atoms with Crippen molar-refractivity contribution in [3.05, 3.63) is 22.4 Å². The van der Waals surface area contributed by atoms with Crippen LogP contribution in [0.15, 0.2) is 16.9 Å². The fourth-order valence-electron chi connectivity index (χ4n) is 0.922. The molecule has 0 radical (unpaired) electrons. The van der Waals surface area contributed by atoms with E-state index in [9.17, 15) is 8.42 Å². The van der Waals surface area contributed by atoms with Crippen LogP contribution in [0.1, 0.15) is 26.3 Å². The monoisotopic (exact) mass is 306 g/mol. The van der Waals surface area contributed by atoms with Gasteiger partial charge in [-0.2, -0.15) is 0 Å². The zero-order valence-electron chi connectivity index (χ0n) is 9.70. The Labute approximate surface area is 105 Å². The highest BCUT2D eigenvalue weighted by molar-refractivity contribution is 9.10. The van der Waals surface area contributed by atoms with Crippen molar-refractivity contribution in [1.82, 2.24) is 4.98 Å². The number of sulfonamides is 1. The molecule has 90 valence electrons. The molecule has 0 aromatic carbocycles. The smallest absolute Gasteiger partial charge is 0.237 e. The Morgan fingerprint density at radius 2 is 1.94 bits per heavy atom. The molecule has 1 aromatic rings. The zero-order chi connectivity index (χ0) is 12.6. The summed E-state index contributed by atoms with van der Waals surface area (Å²) in [7, 11) is -3.39. The van der Waals surface area contributed by atoms with E-state index in [1.807, 2.05) is 6.92 Å². The Balaban J connectivity index is 3.03. The van der Waals surface area contributed by atoms with E-state index in [0.717, 1.165) is 5.56 Å². The first-order chi connectivity index (χ1) is 7.13. The second-order valence-corrected chi connectivity index (χ2v) is 7.74. The van der Waals surface area contributed by atoms with Gasteiger partial charge >= 0.3 is 0 Å². The Morgan fingerprint density at radius 1 is 1.38 bits per heavy atom. The fourth-order valence-corrected chi connectivity index (χ4v) is 1.87. The third kappa shape index (κ3) is 2.95. The molecular weight excluding hydrogens is 292 g/mol. The number of anilines is 1. The van der Waals surface area contributed by atoms with Crippen molar-refractivity contribution in [2.24, 2.45) is 0 Å². The zero-order valence-corrected chi connectivity index (χ0v) is 12.1. The van der Waals surface area contributed by atoms with Gasteiger partial charge in [-0.25, -0.2) is 13.4 Å². The maximum absolute atomic E-state index is 11.9. The normalized spacial score (nSPS) is 12.6. The van der Waals surface area contributed by atoms with Gasteiger partial charge in [-0.1, -0.05) is 0 Å². The molecule has 0 atom stereocenters. The van der Waals surface area contributed by atoms with Crippen LogP contribution in [0.5, 0.6) is 0 Å². The molecule has 0 bridgehead atoms. The standard InChI is InChI=1S/C10H15BrN2O2S/c1-7-5-8(6-12-9(7)11)13-16(14,15)10(2,3)4/h5-6,13H,1-4H3. The Hall–Kier alpha value is -0.620. The number of halogens is 1. The molecule has 0 aliphatic rings. The molecule has 4 nitrogen and oxygen atoms in total. The van der Waals surface area contributed by atoms with Crippen LogP contribution in [0.25, 0.3) is 0 Å². The highest BCUT2D eigenvalue weighted by atomic mass is 79.9. The van der Waals surface area contributed by atoms with Crippen LogP contribution in [-0.4, -0.2) is 18.1 Å². The minimum absolute atomic E-state index is 0.482. The lowest BCUT2D eigenvalue weighted by molar-refractivity contribution is 0.566. The lowest BCUT2D eigenvalue weighted by Gasteiger charge is -2.20. The third-order valence-electron chi connectivity index (χ3n) is 2.07. The highest BCUT2D eigenvalue weighted by Crippen LogP contribution is 2.21. The number of aromatic nitrogens is 1. The first-order valence-electron chi connectivity index (χ1n) is 4.78. The molecule has 0 aliphatic heterocycles. The number of pyridine rings is 1. The number of nitrogens with zero attached hydrogens (tertiary/aromatic N) is 1. The summed E-state index contributed by atoms with van der Waals surface area (Å²) in [6.07, 6.45) is 1.49. The Morgan fingerprint density at radius 3 is 2.38 bits per heavy atom. The minimum Gasteiger partial charge on any atom is -0.282 e. The highest BCUT2D eigenvalue weighted by Gasteiger charge is 2.28. The van der Waals surface area contributed by atoms with Gasteiger partial charge < -0.3 is 0 Å². The van der Waals surface area contributed by atoms with Gasteiger partial charge in [0.2, 0.25) is 10.0 Å². The van der Waals surface area contributed by atoms with Gasteiger partial charge in [-0.15, -0.1) is 0 Å². The van der Waals surface area contributed by atoms with E-state index in [2.05, 4.69) is 25.6 Å². The number of hydrogen-bond acceptors (Lipinski definition) is 3. The number of aryl methyl sites for hydroxylation is 1. The number of nitrogens with one attached hydrogen (secondary N) is 1. The van der Waals surface area contributed by atoms with Crippen molar-refractivity contribution in [2.45, 2.75) is 32.4 Å². The van der Waals surface area contributed by atoms with Gasteiger partial charge in [0.1, 0.15) is 4.60 Å². The van der Waals surface area contributed by atoms with Crippen LogP contribution in [0.2, 0.25) is 0 Å². The topological polar surface area (TPSA) is 59.1 Å². The van der Waals surface area contributed by atoms with Gasteiger partial charge in [0, 0.05) is 0 Å². The van der Waals surface area contributed by atoms with E-state index in [0.29, 0.717) is 10.3 Å². The lowest BCUT2D eigenvalue weighted by Crippen LogP contribution is -2.33. The van der Waals surface area contributed by atoms with Crippen LogP contribution < -0.4 is 4.72 Å². The molecule has 1 N–H and O–H groups in total. The van der Waals surface area contributed by atoms with Crippen molar-refractivity contribution in [3.8, 4) is 0 Å². The van der Waals surface area contributed by atoms with E-state index < -0.39 is 14.8 Å². The van der Waals surface area contributed by atoms with Crippen LogP contribution in [-0.2, 0) is 10.0 Å². The largest absolute Gasteiger partial charge is 0.282 e. The van der Waals surface area contributed by atoms with E-state index in [4.69, 9.17) is 0 Å². The maximum Gasteiger partial charge on any atom is 0.237 e. The summed E-state index contributed by atoms with van der Waals surface area (Å²) >= 11 is 3.26. The van der Waals surface area contributed by atoms with Gasteiger partial charge in [0.05, 0.1) is 16.6 Å². The summed E-state index contributed by atoms with van der Waals surface area (Å²) in [5, 5.41) is 0. The van der Waals surface area contributed by atoms with Crippen LogP contribution in [0.4, 0.5) is 5.69 Å². The molecule has 0 fully saturated rings. The van der Waals surface area contributed by atoms with Crippen molar-refractivity contribution in [1.29, 1.82) is 0 Å². The van der Waals surface area contributed by atoms with E-state index >= 15 is 0 Å². The van der Waals surface area contributed by atoms with E-state index in [1.54, 1.807) is 26.8 Å².